The van der Waals surface area contributed by atoms with Gasteiger partial charge >= 0.3 is 0 Å². The van der Waals surface area contributed by atoms with E-state index in [0.29, 0.717) is 0 Å². The molecule has 1 rings (SSSR count). The molecule has 0 bridgehead atoms. The highest BCUT2D eigenvalue weighted by Crippen LogP contribution is 1.95. The summed E-state index contributed by atoms with van der Waals surface area (Å²) in [7, 11) is 0. The molecule has 0 spiro atoms. The third kappa shape index (κ3) is 2.08. The first-order chi connectivity index (χ1) is 5.75. The summed E-state index contributed by atoms with van der Waals surface area (Å²) in [5.41, 5.74) is -0.201. The summed E-state index contributed by atoms with van der Waals surface area (Å²) >= 11 is 5.55. The summed E-state index contributed by atoms with van der Waals surface area (Å²) in [5, 5.41) is 0.0496. The highest BCUT2D eigenvalue weighted by Gasteiger charge is 1.99. The minimum atomic E-state index is -0.201. The SMILES string of the molecule is CCCCn1ccnc(Cl)c1=O. The molecule has 66 valence electrons. The fourth-order valence-corrected chi connectivity index (χ4v) is 1.09. The average molecular weight is 187 g/mol. The number of nitrogens with zero attached hydrogens (tertiary/aromatic N) is 2. The van der Waals surface area contributed by atoms with Crippen LogP contribution >= 0.6 is 11.6 Å². The molecule has 0 amide bonds. The summed E-state index contributed by atoms with van der Waals surface area (Å²) in [4.78, 5) is 14.9. The molecule has 4 heteroatoms. The fraction of sp³-hybridized carbons (Fsp3) is 0.500. The zero-order chi connectivity index (χ0) is 8.97. The van der Waals surface area contributed by atoms with Gasteiger partial charge in [0.05, 0.1) is 0 Å². The summed E-state index contributed by atoms with van der Waals surface area (Å²) in [6.45, 7) is 2.80. The second-order valence-corrected chi connectivity index (χ2v) is 2.93. The van der Waals surface area contributed by atoms with Crippen molar-refractivity contribution in [3.05, 3.63) is 27.9 Å². The van der Waals surface area contributed by atoms with Crippen molar-refractivity contribution in [2.45, 2.75) is 26.3 Å². The van der Waals surface area contributed by atoms with E-state index in [9.17, 15) is 4.79 Å². The van der Waals surface area contributed by atoms with Crippen LogP contribution in [0.2, 0.25) is 5.15 Å². The second-order valence-electron chi connectivity index (χ2n) is 2.57. The van der Waals surface area contributed by atoms with Crippen molar-refractivity contribution >= 4 is 11.6 Å². The Kier molecular flexibility index (Phi) is 3.29. The van der Waals surface area contributed by atoms with Gasteiger partial charge in [-0.15, -0.1) is 0 Å². The quantitative estimate of drug-likeness (QED) is 0.720. The maximum Gasteiger partial charge on any atom is 0.288 e. The van der Waals surface area contributed by atoms with Crippen molar-refractivity contribution in [1.82, 2.24) is 9.55 Å². The Morgan fingerprint density at radius 1 is 1.67 bits per heavy atom. The maximum absolute atomic E-state index is 11.2. The molecule has 0 aliphatic carbocycles. The van der Waals surface area contributed by atoms with Crippen LogP contribution in [0, 0.1) is 0 Å². The van der Waals surface area contributed by atoms with E-state index in [-0.39, 0.29) is 10.7 Å². The molecule has 1 aromatic rings. The van der Waals surface area contributed by atoms with E-state index in [2.05, 4.69) is 11.9 Å². The van der Waals surface area contributed by atoms with Gasteiger partial charge < -0.3 is 4.57 Å². The first kappa shape index (κ1) is 9.26. The zero-order valence-corrected chi connectivity index (χ0v) is 7.71. The normalized spacial score (nSPS) is 10.2. The molecule has 0 aromatic carbocycles. The number of halogens is 1. The largest absolute Gasteiger partial charge is 0.311 e. The molecular weight excluding hydrogens is 176 g/mol. The topological polar surface area (TPSA) is 34.9 Å². The minimum Gasteiger partial charge on any atom is -0.311 e. The molecule has 0 aliphatic heterocycles. The van der Waals surface area contributed by atoms with Crippen LogP contribution in [0.3, 0.4) is 0 Å². The molecule has 0 N–H and O–H groups in total. The van der Waals surface area contributed by atoms with E-state index in [0.717, 1.165) is 19.4 Å². The maximum atomic E-state index is 11.2. The molecule has 0 fully saturated rings. The van der Waals surface area contributed by atoms with Gasteiger partial charge in [0.25, 0.3) is 5.56 Å². The van der Waals surface area contributed by atoms with E-state index in [1.54, 1.807) is 17.0 Å². The Hall–Kier alpha value is -0.830. The third-order valence-electron chi connectivity index (χ3n) is 1.62. The Bertz CT molecular complexity index is 308. The van der Waals surface area contributed by atoms with Crippen molar-refractivity contribution in [3.8, 4) is 0 Å². The molecule has 0 aliphatic rings. The van der Waals surface area contributed by atoms with Gasteiger partial charge in [0, 0.05) is 18.9 Å². The molecular formula is C8H11ClN2O. The van der Waals surface area contributed by atoms with E-state index in [4.69, 9.17) is 11.6 Å². The summed E-state index contributed by atoms with van der Waals surface area (Å²) in [6, 6.07) is 0. The average Bonchev–Trinajstić information content (AvgIpc) is 2.08. The third-order valence-corrected chi connectivity index (χ3v) is 1.88. The Labute approximate surface area is 76.0 Å². The van der Waals surface area contributed by atoms with Gasteiger partial charge in [-0.25, -0.2) is 4.98 Å². The number of hydrogen-bond acceptors (Lipinski definition) is 2. The van der Waals surface area contributed by atoms with Crippen LogP contribution in [-0.2, 0) is 6.54 Å². The summed E-state index contributed by atoms with van der Waals surface area (Å²) < 4.78 is 1.58. The van der Waals surface area contributed by atoms with Crippen LogP contribution in [0.1, 0.15) is 19.8 Å². The molecule has 1 heterocycles. The van der Waals surface area contributed by atoms with Crippen molar-refractivity contribution in [3.63, 3.8) is 0 Å². The van der Waals surface area contributed by atoms with Crippen LogP contribution in [0.4, 0.5) is 0 Å². The minimum absolute atomic E-state index is 0.0496. The Morgan fingerprint density at radius 3 is 3.08 bits per heavy atom. The van der Waals surface area contributed by atoms with E-state index < -0.39 is 0 Å². The van der Waals surface area contributed by atoms with Gasteiger partial charge in [-0.05, 0) is 6.42 Å². The number of aryl methyl sites for hydroxylation is 1. The van der Waals surface area contributed by atoms with Gasteiger partial charge in [0.15, 0.2) is 5.15 Å². The Balaban J connectivity index is 2.85. The summed E-state index contributed by atoms with van der Waals surface area (Å²) in [6.07, 6.45) is 5.25. The molecule has 1 aromatic heterocycles. The monoisotopic (exact) mass is 186 g/mol. The predicted molar refractivity (Wildman–Crippen MR) is 48.4 cm³/mol. The Morgan fingerprint density at radius 2 is 2.42 bits per heavy atom. The molecule has 0 radical (unpaired) electrons. The molecule has 0 saturated heterocycles. The van der Waals surface area contributed by atoms with Crippen LogP contribution < -0.4 is 5.56 Å². The summed E-state index contributed by atoms with van der Waals surface area (Å²) in [5.74, 6) is 0. The second kappa shape index (κ2) is 4.26. The van der Waals surface area contributed by atoms with E-state index in [1.807, 2.05) is 0 Å². The van der Waals surface area contributed by atoms with Gasteiger partial charge in [0.2, 0.25) is 0 Å². The fourth-order valence-electron chi connectivity index (χ4n) is 0.925. The van der Waals surface area contributed by atoms with Crippen molar-refractivity contribution in [1.29, 1.82) is 0 Å². The van der Waals surface area contributed by atoms with Crippen LogP contribution in [-0.4, -0.2) is 9.55 Å². The number of hydrogen-bond donors (Lipinski definition) is 0. The number of aromatic nitrogens is 2. The molecule has 0 atom stereocenters. The first-order valence-electron chi connectivity index (χ1n) is 3.96. The molecule has 12 heavy (non-hydrogen) atoms. The van der Waals surface area contributed by atoms with Gasteiger partial charge in [-0.3, -0.25) is 4.79 Å². The van der Waals surface area contributed by atoms with Crippen molar-refractivity contribution < 1.29 is 0 Å². The van der Waals surface area contributed by atoms with Gasteiger partial charge in [0.1, 0.15) is 0 Å². The standard InChI is InChI=1S/C8H11ClN2O/c1-2-3-5-11-6-4-10-7(9)8(11)12/h4,6H,2-3,5H2,1H3. The smallest absolute Gasteiger partial charge is 0.288 e. The zero-order valence-electron chi connectivity index (χ0n) is 6.96. The first-order valence-corrected chi connectivity index (χ1v) is 4.34. The van der Waals surface area contributed by atoms with Crippen LogP contribution in [0.5, 0.6) is 0 Å². The van der Waals surface area contributed by atoms with Crippen molar-refractivity contribution in [2.24, 2.45) is 0 Å². The predicted octanol–water partition coefficient (Wildman–Crippen LogP) is 1.70. The number of rotatable bonds is 3. The van der Waals surface area contributed by atoms with E-state index in [1.165, 1.54) is 0 Å². The lowest BCUT2D eigenvalue weighted by Crippen LogP contribution is -2.20. The lowest BCUT2D eigenvalue weighted by Gasteiger charge is -2.02. The molecule has 0 unspecified atom stereocenters. The van der Waals surface area contributed by atoms with Gasteiger partial charge in [-0.1, -0.05) is 24.9 Å². The highest BCUT2D eigenvalue weighted by atomic mass is 35.5. The number of unbranched alkanes of at least 4 members (excludes halogenated alkanes) is 1. The molecule has 3 nitrogen and oxygen atoms in total. The molecule has 0 saturated carbocycles. The lowest BCUT2D eigenvalue weighted by atomic mass is 10.3. The van der Waals surface area contributed by atoms with Gasteiger partial charge in [-0.2, -0.15) is 0 Å². The van der Waals surface area contributed by atoms with E-state index >= 15 is 0 Å². The van der Waals surface area contributed by atoms with Crippen LogP contribution in [0.15, 0.2) is 17.2 Å². The van der Waals surface area contributed by atoms with Crippen LogP contribution in [0.25, 0.3) is 0 Å². The van der Waals surface area contributed by atoms with Crippen molar-refractivity contribution in [2.75, 3.05) is 0 Å². The lowest BCUT2D eigenvalue weighted by molar-refractivity contribution is 0.609. The highest BCUT2D eigenvalue weighted by molar-refractivity contribution is 6.29.